The molecule has 3 heteroatoms. The lowest BCUT2D eigenvalue weighted by molar-refractivity contribution is -0.0783. The van der Waals surface area contributed by atoms with Crippen molar-refractivity contribution < 1.29 is 13.5 Å². The Morgan fingerprint density at radius 1 is 1.62 bits per heavy atom. The predicted molar refractivity (Wildman–Crippen MR) is 47.9 cm³/mol. The summed E-state index contributed by atoms with van der Waals surface area (Å²) in [5.74, 6) is -3.27. The van der Waals surface area contributed by atoms with Crippen molar-refractivity contribution in [2.75, 3.05) is 13.7 Å². The second-order valence-electron chi connectivity index (χ2n) is 3.44. The molecular weight excluding hydrogens is 174 g/mol. The van der Waals surface area contributed by atoms with E-state index in [9.17, 15) is 8.78 Å². The molecule has 0 aromatic rings. The van der Waals surface area contributed by atoms with E-state index in [4.69, 9.17) is 4.74 Å². The summed E-state index contributed by atoms with van der Waals surface area (Å²) in [5.41, 5.74) is 0.845. The molecule has 1 nitrogen and oxygen atoms in total. The first kappa shape index (κ1) is 10.6. The lowest BCUT2D eigenvalue weighted by atomic mass is 9.83. The molecule has 0 saturated carbocycles. The van der Waals surface area contributed by atoms with Crippen molar-refractivity contribution in [2.24, 2.45) is 5.92 Å². The van der Waals surface area contributed by atoms with Crippen molar-refractivity contribution in [1.29, 1.82) is 0 Å². The van der Waals surface area contributed by atoms with E-state index in [1.807, 2.05) is 13.0 Å². The maximum atomic E-state index is 13.4. The SMILES string of the molecule is CCC1=CCCC(F)(F)[C@H]1COC. The Bertz CT molecular complexity index is 199. The van der Waals surface area contributed by atoms with Crippen LogP contribution in [0.2, 0.25) is 0 Å². The summed E-state index contributed by atoms with van der Waals surface area (Å²) in [6.07, 6.45) is 3.09. The van der Waals surface area contributed by atoms with Gasteiger partial charge in [-0.05, 0) is 12.8 Å². The van der Waals surface area contributed by atoms with Gasteiger partial charge in [0, 0.05) is 13.5 Å². The van der Waals surface area contributed by atoms with E-state index in [1.54, 1.807) is 0 Å². The average Bonchev–Trinajstić information content (AvgIpc) is 2.08. The Morgan fingerprint density at radius 3 is 2.85 bits per heavy atom. The summed E-state index contributed by atoms with van der Waals surface area (Å²) in [5, 5.41) is 0. The Labute approximate surface area is 77.8 Å². The molecule has 1 aliphatic carbocycles. The van der Waals surface area contributed by atoms with Crippen molar-refractivity contribution in [3.05, 3.63) is 11.6 Å². The van der Waals surface area contributed by atoms with Crippen LogP contribution in [-0.4, -0.2) is 19.6 Å². The number of halogens is 2. The molecule has 0 N–H and O–H groups in total. The Hall–Kier alpha value is -0.440. The van der Waals surface area contributed by atoms with Crippen molar-refractivity contribution in [3.8, 4) is 0 Å². The summed E-state index contributed by atoms with van der Waals surface area (Å²) in [6.45, 7) is 2.04. The van der Waals surface area contributed by atoms with Crippen molar-refractivity contribution in [3.63, 3.8) is 0 Å². The molecule has 1 aliphatic rings. The number of rotatable bonds is 3. The Morgan fingerprint density at radius 2 is 2.31 bits per heavy atom. The summed E-state index contributed by atoms with van der Waals surface area (Å²) in [6, 6.07) is 0. The highest BCUT2D eigenvalue weighted by atomic mass is 19.3. The molecule has 0 spiro atoms. The highest BCUT2D eigenvalue weighted by molar-refractivity contribution is 5.14. The molecule has 0 heterocycles. The minimum Gasteiger partial charge on any atom is -0.384 e. The first-order valence-electron chi connectivity index (χ1n) is 4.67. The van der Waals surface area contributed by atoms with Crippen LogP contribution in [-0.2, 0) is 4.74 Å². The van der Waals surface area contributed by atoms with E-state index in [-0.39, 0.29) is 13.0 Å². The predicted octanol–water partition coefficient (Wildman–Crippen LogP) is 3.01. The smallest absolute Gasteiger partial charge is 0.257 e. The third-order valence-electron chi connectivity index (χ3n) is 2.58. The number of methoxy groups -OCH3 is 1. The number of alkyl halides is 2. The average molecular weight is 190 g/mol. The zero-order valence-electron chi connectivity index (χ0n) is 8.15. The van der Waals surface area contributed by atoms with Crippen LogP contribution in [0.25, 0.3) is 0 Å². The van der Waals surface area contributed by atoms with Crippen molar-refractivity contribution >= 4 is 0 Å². The van der Waals surface area contributed by atoms with Gasteiger partial charge in [0.15, 0.2) is 0 Å². The normalized spacial score (nSPS) is 27.1. The molecule has 1 rings (SSSR count). The molecule has 0 bridgehead atoms. The largest absolute Gasteiger partial charge is 0.384 e. The summed E-state index contributed by atoms with van der Waals surface area (Å²) in [4.78, 5) is 0. The van der Waals surface area contributed by atoms with Gasteiger partial charge in [0.1, 0.15) is 0 Å². The van der Waals surface area contributed by atoms with Crippen LogP contribution in [0.15, 0.2) is 11.6 Å². The lowest BCUT2D eigenvalue weighted by Crippen LogP contribution is -2.35. The Kier molecular flexibility index (Phi) is 3.42. The van der Waals surface area contributed by atoms with Gasteiger partial charge in [0.2, 0.25) is 0 Å². The monoisotopic (exact) mass is 190 g/mol. The molecule has 0 aliphatic heterocycles. The number of allylic oxidation sites excluding steroid dienone is 1. The van der Waals surface area contributed by atoms with E-state index in [2.05, 4.69) is 0 Å². The summed E-state index contributed by atoms with van der Waals surface area (Å²) < 4.78 is 31.6. The standard InChI is InChI=1S/C10H16F2O/c1-3-8-5-4-6-10(11,12)9(8)7-13-2/h5,9H,3-4,6-7H2,1-2H3/t9-/m0/s1. The molecule has 0 fully saturated rings. The maximum absolute atomic E-state index is 13.4. The van der Waals surface area contributed by atoms with Crippen molar-refractivity contribution in [2.45, 2.75) is 32.1 Å². The highest BCUT2D eigenvalue weighted by Gasteiger charge is 2.42. The van der Waals surface area contributed by atoms with Gasteiger partial charge >= 0.3 is 0 Å². The molecule has 0 saturated heterocycles. The Balaban J connectivity index is 2.78. The van der Waals surface area contributed by atoms with Crippen LogP contribution in [0, 0.1) is 5.92 Å². The number of hydrogen-bond donors (Lipinski definition) is 0. The second-order valence-corrected chi connectivity index (χ2v) is 3.44. The van der Waals surface area contributed by atoms with Crippen LogP contribution in [0.1, 0.15) is 26.2 Å². The van der Waals surface area contributed by atoms with Gasteiger partial charge in [-0.15, -0.1) is 0 Å². The quantitative estimate of drug-likeness (QED) is 0.621. The van der Waals surface area contributed by atoms with Gasteiger partial charge in [0.25, 0.3) is 5.92 Å². The molecule has 0 unspecified atom stereocenters. The van der Waals surface area contributed by atoms with Gasteiger partial charge < -0.3 is 4.74 Å². The van der Waals surface area contributed by atoms with Crippen LogP contribution >= 0.6 is 0 Å². The molecule has 76 valence electrons. The van der Waals surface area contributed by atoms with E-state index >= 15 is 0 Å². The topological polar surface area (TPSA) is 9.23 Å². The molecule has 1 atom stereocenters. The fraction of sp³-hybridized carbons (Fsp3) is 0.800. The first-order valence-corrected chi connectivity index (χ1v) is 4.67. The van der Waals surface area contributed by atoms with Gasteiger partial charge in [-0.25, -0.2) is 8.78 Å². The van der Waals surface area contributed by atoms with Gasteiger partial charge in [-0.2, -0.15) is 0 Å². The zero-order chi connectivity index (χ0) is 9.90. The number of ether oxygens (including phenoxy) is 1. The van der Waals surface area contributed by atoms with Gasteiger partial charge in [-0.3, -0.25) is 0 Å². The van der Waals surface area contributed by atoms with E-state index < -0.39 is 11.8 Å². The van der Waals surface area contributed by atoms with E-state index in [1.165, 1.54) is 7.11 Å². The van der Waals surface area contributed by atoms with Gasteiger partial charge in [-0.1, -0.05) is 18.6 Å². The van der Waals surface area contributed by atoms with Crippen LogP contribution in [0.5, 0.6) is 0 Å². The maximum Gasteiger partial charge on any atom is 0.257 e. The minimum absolute atomic E-state index is 0.0372. The molecular formula is C10H16F2O. The first-order chi connectivity index (χ1) is 6.11. The molecule has 0 aromatic carbocycles. The molecule has 13 heavy (non-hydrogen) atoms. The summed E-state index contributed by atoms with van der Waals surface area (Å²) >= 11 is 0. The fourth-order valence-electron chi connectivity index (χ4n) is 1.82. The van der Waals surface area contributed by atoms with Crippen LogP contribution in [0.4, 0.5) is 8.78 Å². The highest BCUT2D eigenvalue weighted by Crippen LogP contribution is 2.39. The molecule has 0 radical (unpaired) electrons. The fourth-order valence-corrected chi connectivity index (χ4v) is 1.82. The molecule has 0 amide bonds. The second kappa shape index (κ2) is 4.18. The minimum atomic E-state index is -2.57. The van der Waals surface area contributed by atoms with E-state index in [0.29, 0.717) is 12.8 Å². The van der Waals surface area contributed by atoms with E-state index in [0.717, 1.165) is 5.57 Å². The van der Waals surface area contributed by atoms with Crippen LogP contribution in [0.3, 0.4) is 0 Å². The third kappa shape index (κ3) is 2.27. The van der Waals surface area contributed by atoms with Gasteiger partial charge in [0.05, 0.1) is 12.5 Å². The lowest BCUT2D eigenvalue weighted by Gasteiger charge is -2.31. The van der Waals surface area contributed by atoms with Crippen molar-refractivity contribution in [1.82, 2.24) is 0 Å². The third-order valence-corrected chi connectivity index (χ3v) is 2.58. The zero-order valence-corrected chi connectivity index (χ0v) is 8.15. The van der Waals surface area contributed by atoms with Crippen LogP contribution < -0.4 is 0 Å². The summed E-state index contributed by atoms with van der Waals surface area (Å²) in [7, 11) is 1.47. The molecule has 0 aromatic heterocycles. The number of hydrogen-bond acceptors (Lipinski definition) is 1.